The Morgan fingerprint density at radius 2 is 1.75 bits per heavy atom. The monoisotopic (exact) mass is 496 g/mol. The predicted molar refractivity (Wildman–Crippen MR) is 149 cm³/mol. The van der Waals surface area contributed by atoms with Crippen LogP contribution in [0.3, 0.4) is 0 Å². The van der Waals surface area contributed by atoms with Crippen molar-refractivity contribution in [1.29, 1.82) is 0 Å². The summed E-state index contributed by atoms with van der Waals surface area (Å²) in [6.45, 7) is 7.31. The molecule has 5 nitrogen and oxygen atoms in total. The molecular weight excluding hydrogens is 464 g/mol. The van der Waals surface area contributed by atoms with Crippen LogP contribution in [0.5, 0.6) is 5.75 Å². The molecule has 1 N–H and O–H groups in total. The molecule has 184 valence electrons. The average molecular weight is 497 g/mol. The van der Waals surface area contributed by atoms with Crippen molar-refractivity contribution in [3.8, 4) is 11.4 Å². The van der Waals surface area contributed by atoms with Crippen LogP contribution < -0.4 is 10.1 Å². The number of rotatable bonds is 7. The molecule has 2 atom stereocenters. The third kappa shape index (κ3) is 4.37. The Bertz CT molecular complexity index is 1360. The van der Waals surface area contributed by atoms with E-state index in [0.717, 1.165) is 23.0 Å². The number of hydrogen-bond donors (Lipinski definition) is 1. The summed E-state index contributed by atoms with van der Waals surface area (Å²) in [7, 11) is 1.69. The molecule has 2 aromatic heterocycles. The fourth-order valence-corrected chi connectivity index (χ4v) is 5.63. The number of ether oxygens (including phenoxy) is 1. The van der Waals surface area contributed by atoms with Crippen molar-refractivity contribution in [3.05, 3.63) is 113 Å². The van der Waals surface area contributed by atoms with Gasteiger partial charge in [-0.05, 0) is 85.6 Å². The van der Waals surface area contributed by atoms with Crippen LogP contribution in [0, 0.1) is 13.8 Å². The van der Waals surface area contributed by atoms with Gasteiger partial charge in [0.2, 0.25) is 0 Å². The minimum Gasteiger partial charge on any atom is -0.497 e. The zero-order valence-corrected chi connectivity index (χ0v) is 22.0. The number of benzene rings is 2. The highest BCUT2D eigenvalue weighted by atomic mass is 32.1. The maximum atomic E-state index is 5.91. The van der Waals surface area contributed by atoms with Gasteiger partial charge in [0.25, 0.3) is 0 Å². The molecular formula is C30H32N4OS. The number of nitrogens with zero attached hydrogens (tertiary/aromatic N) is 3. The SMILES string of the molecule is CCc1ccccc1-n1c(C)cc([C@H]2[C@@H](c3ccccn3)NC(=S)N2Cc2ccc(OC)cc2)c1C. The first-order valence-corrected chi connectivity index (χ1v) is 12.8. The summed E-state index contributed by atoms with van der Waals surface area (Å²) in [5.74, 6) is 0.849. The van der Waals surface area contributed by atoms with E-state index in [0.29, 0.717) is 6.54 Å². The van der Waals surface area contributed by atoms with Crippen molar-refractivity contribution < 1.29 is 4.74 Å². The van der Waals surface area contributed by atoms with E-state index in [1.54, 1.807) is 7.11 Å². The summed E-state index contributed by atoms with van der Waals surface area (Å²) in [6.07, 6.45) is 2.84. The Morgan fingerprint density at radius 3 is 2.44 bits per heavy atom. The molecule has 3 heterocycles. The molecule has 0 saturated carbocycles. The molecule has 1 aliphatic heterocycles. The Kier molecular flexibility index (Phi) is 6.79. The summed E-state index contributed by atoms with van der Waals surface area (Å²) in [4.78, 5) is 7.01. The number of pyridine rings is 1. The van der Waals surface area contributed by atoms with Crippen LogP contribution in [0.15, 0.2) is 79.0 Å². The summed E-state index contributed by atoms with van der Waals surface area (Å²) >= 11 is 5.91. The van der Waals surface area contributed by atoms with Gasteiger partial charge >= 0.3 is 0 Å². The second-order valence-corrected chi connectivity index (χ2v) is 9.63. The molecule has 6 heteroatoms. The standard InChI is InChI=1S/C30H32N4OS/c1-5-23-10-6-7-12-27(23)34-20(2)18-25(21(34)3)29-28(26-11-8-9-17-31-26)32-30(36)33(29)19-22-13-15-24(35-4)16-14-22/h6-18,28-29H,5,19H2,1-4H3,(H,32,36)/t28-,29+/m1/s1. The van der Waals surface area contributed by atoms with Crippen LogP contribution >= 0.6 is 12.2 Å². The normalized spacial score (nSPS) is 17.3. The third-order valence-electron chi connectivity index (χ3n) is 7.11. The van der Waals surface area contributed by atoms with E-state index < -0.39 is 0 Å². The lowest BCUT2D eigenvalue weighted by molar-refractivity contribution is 0.310. The van der Waals surface area contributed by atoms with E-state index in [9.17, 15) is 0 Å². The van der Waals surface area contributed by atoms with Crippen molar-refractivity contribution >= 4 is 17.3 Å². The Morgan fingerprint density at radius 1 is 1.00 bits per heavy atom. The highest BCUT2D eigenvalue weighted by Crippen LogP contribution is 2.42. The highest BCUT2D eigenvalue weighted by Gasteiger charge is 2.41. The van der Waals surface area contributed by atoms with Crippen LogP contribution in [0.2, 0.25) is 0 Å². The van der Waals surface area contributed by atoms with Gasteiger partial charge in [0.05, 0.1) is 24.9 Å². The maximum Gasteiger partial charge on any atom is 0.170 e. The molecule has 5 rings (SSSR count). The largest absolute Gasteiger partial charge is 0.497 e. The first-order valence-electron chi connectivity index (χ1n) is 12.4. The molecule has 0 aliphatic carbocycles. The summed E-state index contributed by atoms with van der Waals surface area (Å²) in [5.41, 5.74) is 8.44. The zero-order valence-electron chi connectivity index (χ0n) is 21.2. The lowest BCUT2D eigenvalue weighted by Gasteiger charge is -2.28. The fraction of sp³-hybridized carbons (Fsp3) is 0.267. The van der Waals surface area contributed by atoms with E-state index >= 15 is 0 Å². The van der Waals surface area contributed by atoms with Crippen LogP contribution in [-0.2, 0) is 13.0 Å². The second kappa shape index (κ2) is 10.2. The fourth-order valence-electron chi connectivity index (χ4n) is 5.33. The average Bonchev–Trinajstić information content (AvgIpc) is 3.39. The highest BCUT2D eigenvalue weighted by molar-refractivity contribution is 7.80. The van der Waals surface area contributed by atoms with Gasteiger partial charge in [-0.15, -0.1) is 0 Å². The second-order valence-electron chi connectivity index (χ2n) is 9.25. The maximum absolute atomic E-state index is 5.91. The quantitative estimate of drug-likeness (QED) is 0.307. The van der Waals surface area contributed by atoms with Gasteiger partial charge in [-0.25, -0.2) is 0 Å². The number of para-hydroxylation sites is 1. The molecule has 1 fully saturated rings. The summed E-state index contributed by atoms with van der Waals surface area (Å²) in [5, 5.41) is 4.33. The van der Waals surface area contributed by atoms with Crippen LogP contribution in [0.4, 0.5) is 0 Å². The molecule has 2 aromatic carbocycles. The number of aromatic nitrogens is 2. The minimum absolute atomic E-state index is 0.00300. The molecule has 4 aromatic rings. The van der Waals surface area contributed by atoms with Gasteiger partial charge in [0.15, 0.2) is 5.11 Å². The number of thiocarbonyl (C=S) groups is 1. The van der Waals surface area contributed by atoms with Crippen LogP contribution in [0.1, 0.15) is 52.8 Å². The van der Waals surface area contributed by atoms with Crippen LogP contribution in [-0.4, -0.2) is 26.7 Å². The Hall–Kier alpha value is -3.64. The van der Waals surface area contributed by atoms with Gasteiger partial charge in [0, 0.05) is 29.8 Å². The lowest BCUT2D eigenvalue weighted by Crippen LogP contribution is -2.29. The van der Waals surface area contributed by atoms with Crippen molar-refractivity contribution in [2.45, 2.75) is 45.8 Å². The smallest absolute Gasteiger partial charge is 0.170 e. The number of nitrogens with one attached hydrogen (secondary N) is 1. The Labute approximate surface area is 218 Å². The first-order chi connectivity index (χ1) is 17.5. The van der Waals surface area contributed by atoms with Crippen molar-refractivity contribution in [2.24, 2.45) is 0 Å². The Balaban J connectivity index is 1.61. The van der Waals surface area contributed by atoms with E-state index in [1.807, 2.05) is 30.5 Å². The summed E-state index contributed by atoms with van der Waals surface area (Å²) < 4.78 is 7.74. The molecule has 0 amide bonds. The van der Waals surface area contributed by atoms with E-state index in [2.05, 4.69) is 84.1 Å². The summed E-state index contributed by atoms with van der Waals surface area (Å²) in [6, 6.07) is 25.2. The third-order valence-corrected chi connectivity index (χ3v) is 7.46. The van der Waals surface area contributed by atoms with E-state index in [-0.39, 0.29) is 12.1 Å². The molecule has 0 spiro atoms. The molecule has 1 aliphatic rings. The molecule has 36 heavy (non-hydrogen) atoms. The number of aryl methyl sites for hydroxylation is 2. The van der Waals surface area contributed by atoms with Crippen molar-refractivity contribution in [3.63, 3.8) is 0 Å². The van der Waals surface area contributed by atoms with Crippen molar-refractivity contribution in [2.75, 3.05) is 7.11 Å². The molecule has 0 bridgehead atoms. The first kappa shape index (κ1) is 24.1. The zero-order chi connectivity index (χ0) is 25.2. The van der Waals surface area contributed by atoms with Crippen molar-refractivity contribution in [1.82, 2.24) is 19.8 Å². The van der Waals surface area contributed by atoms with E-state index in [4.69, 9.17) is 21.9 Å². The molecule has 1 saturated heterocycles. The predicted octanol–water partition coefficient (Wildman–Crippen LogP) is 6.23. The van der Waals surface area contributed by atoms with E-state index in [1.165, 1.54) is 33.8 Å². The molecule has 0 unspecified atom stereocenters. The lowest BCUT2D eigenvalue weighted by atomic mass is 9.96. The van der Waals surface area contributed by atoms with Gasteiger partial charge in [-0.3, -0.25) is 4.98 Å². The minimum atomic E-state index is -0.0488. The van der Waals surface area contributed by atoms with Gasteiger partial charge in [0.1, 0.15) is 5.75 Å². The van der Waals surface area contributed by atoms with Gasteiger partial charge in [-0.2, -0.15) is 0 Å². The van der Waals surface area contributed by atoms with Crippen LogP contribution in [0.25, 0.3) is 5.69 Å². The topological polar surface area (TPSA) is 42.3 Å². The number of hydrogen-bond acceptors (Lipinski definition) is 3. The molecule has 0 radical (unpaired) electrons. The van der Waals surface area contributed by atoms with Gasteiger partial charge in [-0.1, -0.05) is 43.3 Å². The number of methoxy groups -OCH3 is 1. The van der Waals surface area contributed by atoms with Gasteiger partial charge < -0.3 is 19.5 Å².